The molecule has 0 aliphatic rings. The Kier molecular flexibility index (Phi) is 1.47. The summed E-state index contributed by atoms with van der Waals surface area (Å²) in [6, 6.07) is 10.0. The van der Waals surface area contributed by atoms with Crippen LogP contribution >= 0.6 is 0 Å². The van der Waals surface area contributed by atoms with E-state index in [-0.39, 0.29) is 0 Å². The normalized spacial score (nSPS) is 10.4. The summed E-state index contributed by atoms with van der Waals surface area (Å²) < 4.78 is 0. The summed E-state index contributed by atoms with van der Waals surface area (Å²) in [6.45, 7) is 2.02. The zero-order valence-corrected chi connectivity index (χ0v) is 6.96. The van der Waals surface area contributed by atoms with Crippen LogP contribution in [0.25, 0.3) is 10.9 Å². The Morgan fingerprint density at radius 1 is 1.17 bits per heavy atom. The van der Waals surface area contributed by atoms with E-state index < -0.39 is 0 Å². The van der Waals surface area contributed by atoms with Crippen LogP contribution in [0.15, 0.2) is 30.3 Å². The van der Waals surface area contributed by atoms with Crippen molar-refractivity contribution in [3.05, 3.63) is 36.0 Å². The summed E-state index contributed by atoms with van der Waals surface area (Å²) in [6.07, 6.45) is 0. The molecule has 0 bridgehead atoms. The van der Waals surface area contributed by atoms with Crippen molar-refractivity contribution in [3.63, 3.8) is 0 Å². The molecule has 0 spiro atoms. The van der Waals surface area contributed by atoms with E-state index in [9.17, 15) is 0 Å². The molecule has 3 N–H and O–H groups in total. The van der Waals surface area contributed by atoms with Gasteiger partial charge in [-0.25, -0.2) is 4.98 Å². The Balaban J connectivity index is 2.88. The number of nitrogens with one attached hydrogen (secondary N) is 1. The summed E-state index contributed by atoms with van der Waals surface area (Å²) in [5.74, 6) is 0. The van der Waals surface area contributed by atoms with Crippen LogP contribution in [-0.4, -0.2) is 0 Å². The maximum absolute atomic E-state index is 5.79. The molecule has 1 aromatic carbocycles. The molecule has 0 atom stereocenters. The highest BCUT2D eigenvalue weighted by molar-refractivity contribution is 5.86. The first-order chi connectivity index (χ1) is 5.77. The molecule has 2 aromatic rings. The lowest BCUT2D eigenvalue weighted by molar-refractivity contribution is -0.354. The summed E-state index contributed by atoms with van der Waals surface area (Å²) in [5, 5.41) is 1.15. The highest BCUT2D eigenvalue weighted by Crippen LogP contribution is 2.15. The number of nitrogen functional groups attached to an aromatic ring is 1. The molecule has 2 nitrogen and oxygen atoms in total. The number of fused-ring (bicyclic) bond motifs is 1. The number of benzene rings is 1. The molecule has 0 aliphatic heterocycles. The second-order valence-corrected chi connectivity index (χ2v) is 2.95. The van der Waals surface area contributed by atoms with Gasteiger partial charge in [0.2, 0.25) is 5.52 Å². The van der Waals surface area contributed by atoms with E-state index in [4.69, 9.17) is 5.73 Å². The zero-order chi connectivity index (χ0) is 8.55. The third-order valence-electron chi connectivity index (χ3n) is 1.96. The fraction of sp³-hybridized carbons (Fsp3) is 0.100. The molecule has 0 fully saturated rings. The van der Waals surface area contributed by atoms with Crippen molar-refractivity contribution in [1.82, 2.24) is 0 Å². The number of hydrogen-bond donors (Lipinski definition) is 1. The lowest BCUT2D eigenvalue weighted by atomic mass is 10.2. The SMILES string of the molecule is Cc1ccc2cccc(N)c2[nH+]1. The van der Waals surface area contributed by atoms with Crippen LogP contribution in [0.5, 0.6) is 0 Å². The number of aromatic amines is 1. The number of anilines is 1. The highest BCUT2D eigenvalue weighted by Gasteiger charge is 2.03. The van der Waals surface area contributed by atoms with E-state index >= 15 is 0 Å². The van der Waals surface area contributed by atoms with Crippen molar-refractivity contribution in [1.29, 1.82) is 0 Å². The number of rotatable bonds is 0. The van der Waals surface area contributed by atoms with Gasteiger partial charge in [0, 0.05) is 18.4 Å². The summed E-state index contributed by atoms with van der Waals surface area (Å²) in [7, 11) is 0. The smallest absolute Gasteiger partial charge is 0.234 e. The first-order valence-electron chi connectivity index (χ1n) is 3.94. The predicted octanol–water partition coefficient (Wildman–Crippen LogP) is 1.54. The molecule has 0 amide bonds. The van der Waals surface area contributed by atoms with Crippen LogP contribution in [0.2, 0.25) is 0 Å². The molecule has 0 unspecified atom stereocenters. The highest BCUT2D eigenvalue weighted by atomic mass is 14.7. The molecular weight excluding hydrogens is 148 g/mol. The van der Waals surface area contributed by atoms with Crippen molar-refractivity contribution < 1.29 is 4.98 Å². The first-order valence-corrected chi connectivity index (χ1v) is 3.94. The summed E-state index contributed by atoms with van der Waals surface area (Å²) >= 11 is 0. The monoisotopic (exact) mass is 159 g/mol. The van der Waals surface area contributed by atoms with Gasteiger partial charge in [-0.05, 0) is 18.2 Å². The molecule has 2 rings (SSSR count). The third kappa shape index (κ3) is 1.01. The van der Waals surface area contributed by atoms with Crippen LogP contribution in [-0.2, 0) is 0 Å². The Bertz CT molecular complexity index is 421. The van der Waals surface area contributed by atoms with Gasteiger partial charge in [-0.3, -0.25) is 0 Å². The quantitative estimate of drug-likeness (QED) is 0.582. The van der Waals surface area contributed by atoms with E-state index in [1.54, 1.807) is 0 Å². The fourth-order valence-corrected chi connectivity index (χ4v) is 1.33. The van der Waals surface area contributed by atoms with Crippen molar-refractivity contribution in [2.24, 2.45) is 0 Å². The van der Waals surface area contributed by atoms with Crippen LogP contribution in [0.1, 0.15) is 5.69 Å². The van der Waals surface area contributed by atoms with Gasteiger partial charge in [-0.1, -0.05) is 6.07 Å². The fourth-order valence-electron chi connectivity index (χ4n) is 1.33. The molecule has 1 heterocycles. The number of hydrogen-bond acceptors (Lipinski definition) is 1. The van der Waals surface area contributed by atoms with Crippen molar-refractivity contribution in [3.8, 4) is 0 Å². The molecule has 0 saturated carbocycles. The number of aromatic nitrogens is 1. The van der Waals surface area contributed by atoms with Crippen molar-refractivity contribution in [2.45, 2.75) is 6.92 Å². The van der Waals surface area contributed by atoms with E-state index in [2.05, 4.69) is 11.1 Å². The van der Waals surface area contributed by atoms with Crippen LogP contribution in [0, 0.1) is 6.92 Å². The van der Waals surface area contributed by atoms with E-state index in [0.29, 0.717) is 0 Å². The molecule has 2 heteroatoms. The molecule has 0 saturated heterocycles. The number of aryl methyl sites for hydroxylation is 1. The van der Waals surface area contributed by atoms with Gasteiger partial charge in [0.15, 0.2) is 5.69 Å². The molecule has 0 radical (unpaired) electrons. The molecular formula is C10H11N2+. The number of H-pyrrole nitrogens is 1. The Morgan fingerprint density at radius 3 is 2.83 bits per heavy atom. The lowest BCUT2D eigenvalue weighted by Crippen LogP contribution is -2.09. The topological polar surface area (TPSA) is 40.2 Å². The number of nitrogens with two attached hydrogens (primary N) is 1. The van der Waals surface area contributed by atoms with Gasteiger partial charge in [-0.15, -0.1) is 0 Å². The number of pyridine rings is 1. The van der Waals surface area contributed by atoms with E-state index in [1.165, 1.54) is 0 Å². The van der Waals surface area contributed by atoms with Gasteiger partial charge in [-0.2, -0.15) is 0 Å². The van der Waals surface area contributed by atoms with Gasteiger partial charge in [0.05, 0.1) is 0 Å². The van der Waals surface area contributed by atoms with Crippen LogP contribution in [0.3, 0.4) is 0 Å². The van der Waals surface area contributed by atoms with E-state index in [1.807, 2.05) is 31.2 Å². The molecule has 0 aliphatic carbocycles. The Labute approximate surface area is 71.0 Å². The second kappa shape index (κ2) is 2.48. The van der Waals surface area contributed by atoms with Gasteiger partial charge in [0.1, 0.15) is 5.69 Å². The zero-order valence-electron chi connectivity index (χ0n) is 6.96. The Morgan fingerprint density at radius 2 is 2.00 bits per heavy atom. The van der Waals surface area contributed by atoms with Gasteiger partial charge < -0.3 is 5.73 Å². The minimum atomic E-state index is 0.802. The molecule has 1 aromatic heterocycles. The molecule has 60 valence electrons. The molecule has 12 heavy (non-hydrogen) atoms. The minimum Gasteiger partial charge on any atom is -0.393 e. The van der Waals surface area contributed by atoms with Gasteiger partial charge >= 0.3 is 0 Å². The second-order valence-electron chi connectivity index (χ2n) is 2.95. The van der Waals surface area contributed by atoms with Gasteiger partial charge in [0.25, 0.3) is 0 Å². The average Bonchev–Trinajstić information content (AvgIpc) is 2.07. The maximum Gasteiger partial charge on any atom is 0.234 e. The largest absolute Gasteiger partial charge is 0.393 e. The van der Waals surface area contributed by atoms with Crippen molar-refractivity contribution >= 4 is 16.6 Å². The Hall–Kier alpha value is -1.57. The minimum absolute atomic E-state index is 0.802. The maximum atomic E-state index is 5.79. The average molecular weight is 159 g/mol. The van der Waals surface area contributed by atoms with Crippen LogP contribution in [0.4, 0.5) is 5.69 Å². The lowest BCUT2D eigenvalue weighted by Gasteiger charge is -1.94. The number of para-hydroxylation sites is 1. The standard InChI is InChI=1S/C10H10N2/c1-7-5-6-8-3-2-4-9(11)10(8)12-7/h2-6H,11H2,1H3/p+1. The third-order valence-corrected chi connectivity index (χ3v) is 1.96. The summed E-state index contributed by atoms with van der Waals surface area (Å²) in [5.41, 5.74) is 8.75. The summed E-state index contributed by atoms with van der Waals surface area (Å²) in [4.78, 5) is 3.23. The first kappa shape index (κ1) is 7.10. The van der Waals surface area contributed by atoms with Crippen molar-refractivity contribution in [2.75, 3.05) is 5.73 Å². The van der Waals surface area contributed by atoms with E-state index in [0.717, 1.165) is 22.3 Å². The predicted molar refractivity (Wildman–Crippen MR) is 49.7 cm³/mol. The van der Waals surface area contributed by atoms with Crippen LogP contribution < -0.4 is 10.7 Å².